The molecular formula is C49H50N4O. The van der Waals surface area contributed by atoms with Gasteiger partial charge in [-0.1, -0.05) is 181 Å². The third-order valence-corrected chi connectivity index (χ3v) is 8.39. The zero-order valence-electron chi connectivity index (χ0n) is 31.6. The number of rotatable bonds is 8. The predicted molar refractivity (Wildman–Crippen MR) is 230 cm³/mol. The van der Waals surface area contributed by atoms with Crippen molar-refractivity contribution in [1.82, 2.24) is 0 Å². The van der Waals surface area contributed by atoms with E-state index in [2.05, 4.69) is 97.4 Å². The standard InChI is InChI=1S/C27H23N3.C14H14O.C7H8.CH5N/c28-19-30-27(21-11-5-2-6-12-21)25-16-8-14-23(18-25)22-13-7-15-24(17-22)26(29)20-9-3-1-4-10-20;1-11-7-9-12(10-8-11)13-5-3-4-6-14(13)15-2;1-7-5-3-2-4-6-7;1-2/h1-18,29H,19,28H2;3-10H,1-2H3;2-6H,1H3;2H2,1H3/b29-26?,30-27+;;;. The molecule has 7 rings (SSSR count). The van der Waals surface area contributed by atoms with Crippen LogP contribution in [0.4, 0.5) is 0 Å². The highest BCUT2D eigenvalue weighted by molar-refractivity contribution is 6.13. The topological polar surface area (TPSA) is 97.5 Å². The molecule has 0 atom stereocenters. The van der Waals surface area contributed by atoms with E-state index < -0.39 is 0 Å². The zero-order valence-corrected chi connectivity index (χ0v) is 31.6. The Balaban J connectivity index is 0.000000223. The van der Waals surface area contributed by atoms with Crippen molar-refractivity contribution < 1.29 is 4.74 Å². The monoisotopic (exact) mass is 710 g/mol. The van der Waals surface area contributed by atoms with Gasteiger partial charge in [0.2, 0.25) is 0 Å². The van der Waals surface area contributed by atoms with E-state index in [1.165, 1.54) is 23.7 Å². The maximum Gasteiger partial charge on any atom is 0.126 e. The van der Waals surface area contributed by atoms with Gasteiger partial charge in [0, 0.05) is 22.3 Å². The van der Waals surface area contributed by atoms with Gasteiger partial charge in [-0.2, -0.15) is 0 Å². The summed E-state index contributed by atoms with van der Waals surface area (Å²) in [7, 11) is 3.20. The van der Waals surface area contributed by atoms with Crippen LogP contribution in [0.3, 0.4) is 0 Å². The summed E-state index contributed by atoms with van der Waals surface area (Å²) in [5.74, 6) is 0.918. The lowest BCUT2D eigenvalue weighted by Crippen LogP contribution is -2.07. The Morgan fingerprint density at radius 2 is 0.963 bits per heavy atom. The lowest BCUT2D eigenvalue weighted by atomic mass is 9.95. The van der Waals surface area contributed by atoms with Crippen molar-refractivity contribution in [2.75, 3.05) is 20.8 Å². The van der Waals surface area contributed by atoms with Gasteiger partial charge in [-0.05, 0) is 61.3 Å². The highest BCUT2D eigenvalue weighted by Gasteiger charge is 2.10. The van der Waals surface area contributed by atoms with Gasteiger partial charge >= 0.3 is 0 Å². The van der Waals surface area contributed by atoms with Crippen LogP contribution in [-0.2, 0) is 0 Å². The number of nitrogens with one attached hydrogen (secondary N) is 1. The number of nitrogens with two attached hydrogens (primary N) is 2. The second-order valence-corrected chi connectivity index (χ2v) is 12.2. The molecule has 5 N–H and O–H groups in total. The molecule has 0 spiro atoms. The van der Waals surface area contributed by atoms with Crippen molar-refractivity contribution in [3.8, 4) is 28.0 Å². The number of ether oxygens (including phenoxy) is 1. The molecule has 7 aromatic rings. The van der Waals surface area contributed by atoms with Gasteiger partial charge in [-0.25, -0.2) is 0 Å². The molecule has 0 unspecified atom stereocenters. The Morgan fingerprint density at radius 1 is 0.500 bits per heavy atom. The second kappa shape index (κ2) is 21.8. The molecule has 0 aliphatic carbocycles. The number of benzene rings is 7. The van der Waals surface area contributed by atoms with Crippen molar-refractivity contribution in [1.29, 1.82) is 5.41 Å². The molecule has 5 nitrogen and oxygen atoms in total. The van der Waals surface area contributed by atoms with E-state index in [1.54, 1.807) is 7.11 Å². The van der Waals surface area contributed by atoms with Crippen LogP contribution in [-0.4, -0.2) is 32.2 Å². The van der Waals surface area contributed by atoms with E-state index >= 15 is 0 Å². The van der Waals surface area contributed by atoms with Crippen molar-refractivity contribution in [2.24, 2.45) is 16.5 Å². The third kappa shape index (κ3) is 11.8. The summed E-state index contributed by atoms with van der Waals surface area (Å²) in [6.07, 6.45) is 0. The van der Waals surface area contributed by atoms with Crippen LogP contribution in [0.1, 0.15) is 33.4 Å². The normalized spacial score (nSPS) is 10.3. The van der Waals surface area contributed by atoms with Crippen LogP contribution in [0.15, 0.2) is 193 Å². The van der Waals surface area contributed by atoms with E-state index in [-0.39, 0.29) is 6.67 Å². The first-order valence-electron chi connectivity index (χ1n) is 17.9. The summed E-state index contributed by atoms with van der Waals surface area (Å²) in [6.45, 7) is 4.41. The fraction of sp³-hybridized carbons (Fsp3) is 0.102. The first kappa shape index (κ1) is 40.4. The molecule has 0 heterocycles. The summed E-state index contributed by atoms with van der Waals surface area (Å²) < 4.78 is 5.33. The number of nitrogens with zero attached hydrogens (tertiary/aromatic N) is 1. The molecule has 7 aromatic carbocycles. The minimum atomic E-state index is 0.234. The van der Waals surface area contributed by atoms with Gasteiger partial charge in [0.25, 0.3) is 0 Å². The minimum absolute atomic E-state index is 0.234. The Kier molecular flexibility index (Phi) is 16.3. The molecule has 0 radical (unpaired) electrons. The van der Waals surface area contributed by atoms with Crippen LogP contribution < -0.4 is 16.2 Å². The second-order valence-electron chi connectivity index (χ2n) is 12.2. The summed E-state index contributed by atoms with van der Waals surface area (Å²) in [5.41, 5.74) is 22.6. The van der Waals surface area contributed by atoms with E-state index in [0.717, 1.165) is 50.4 Å². The van der Waals surface area contributed by atoms with Gasteiger partial charge in [0.05, 0.1) is 25.2 Å². The summed E-state index contributed by atoms with van der Waals surface area (Å²) in [4.78, 5) is 4.55. The Labute approximate surface area is 321 Å². The summed E-state index contributed by atoms with van der Waals surface area (Å²) in [6, 6.07) is 63.1. The third-order valence-electron chi connectivity index (χ3n) is 8.39. The first-order valence-corrected chi connectivity index (χ1v) is 17.9. The van der Waals surface area contributed by atoms with Crippen LogP contribution >= 0.6 is 0 Å². The number of methoxy groups -OCH3 is 1. The zero-order chi connectivity index (χ0) is 38.5. The molecule has 0 saturated heterocycles. The molecule has 0 bridgehead atoms. The predicted octanol–water partition coefficient (Wildman–Crippen LogP) is 10.8. The summed E-state index contributed by atoms with van der Waals surface area (Å²) in [5, 5.41) is 8.57. The minimum Gasteiger partial charge on any atom is -0.496 e. The van der Waals surface area contributed by atoms with Crippen molar-refractivity contribution in [2.45, 2.75) is 13.8 Å². The molecule has 272 valence electrons. The Morgan fingerprint density at radius 3 is 1.50 bits per heavy atom. The average molecular weight is 711 g/mol. The number of hydrogen-bond acceptors (Lipinski definition) is 5. The molecule has 5 heteroatoms. The fourth-order valence-electron chi connectivity index (χ4n) is 5.66. The van der Waals surface area contributed by atoms with Crippen LogP contribution in [0.5, 0.6) is 5.75 Å². The van der Waals surface area contributed by atoms with Crippen molar-refractivity contribution in [3.63, 3.8) is 0 Å². The SMILES string of the molecule is CN.COc1ccccc1-c1ccc(C)cc1.Cc1ccccc1.N=C(c1ccccc1)c1cccc(-c2cccc(/C(=N/CN)c3ccccc3)c2)c1. The maximum atomic E-state index is 8.57. The first-order chi connectivity index (χ1) is 26.5. The largest absolute Gasteiger partial charge is 0.496 e. The van der Waals surface area contributed by atoms with E-state index in [0.29, 0.717) is 5.71 Å². The molecule has 0 aromatic heterocycles. The molecule has 0 saturated carbocycles. The Bertz CT molecular complexity index is 2180. The molecule has 0 amide bonds. The van der Waals surface area contributed by atoms with Gasteiger partial charge in [0.15, 0.2) is 0 Å². The van der Waals surface area contributed by atoms with Gasteiger partial charge in [-0.3, -0.25) is 10.4 Å². The molecule has 0 aliphatic heterocycles. The summed E-state index contributed by atoms with van der Waals surface area (Å²) >= 11 is 0. The van der Waals surface area contributed by atoms with E-state index in [4.69, 9.17) is 15.9 Å². The molecule has 54 heavy (non-hydrogen) atoms. The number of hydrogen-bond donors (Lipinski definition) is 3. The van der Waals surface area contributed by atoms with Gasteiger partial charge in [0.1, 0.15) is 5.75 Å². The molecule has 0 aliphatic rings. The highest BCUT2D eigenvalue weighted by atomic mass is 16.5. The fourth-order valence-corrected chi connectivity index (χ4v) is 5.66. The molecular weight excluding hydrogens is 661 g/mol. The lowest BCUT2D eigenvalue weighted by Gasteiger charge is -2.11. The molecule has 0 fully saturated rings. The van der Waals surface area contributed by atoms with Crippen LogP contribution in [0, 0.1) is 19.3 Å². The van der Waals surface area contributed by atoms with Crippen molar-refractivity contribution in [3.05, 3.63) is 221 Å². The van der Waals surface area contributed by atoms with Crippen molar-refractivity contribution >= 4 is 11.4 Å². The van der Waals surface area contributed by atoms with Gasteiger partial charge in [-0.15, -0.1) is 0 Å². The number of para-hydroxylation sites is 1. The highest BCUT2D eigenvalue weighted by Crippen LogP contribution is 2.29. The van der Waals surface area contributed by atoms with Gasteiger partial charge < -0.3 is 16.2 Å². The van der Waals surface area contributed by atoms with Crippen LogP contribution in [0.2, 0.25) is 0 Å². The average Bonchev–Trinajstić information content (AvgIpc) is 3.25. The smallest absolute Gasteiger partial charge is 0.126 e. The van der Waals surface area contributed by atoms with E-state index in [1.807, 2.05) is 115 Å². The quantitative estimate of drug-likeness (QED) is 0.137. The maximum absolute atomic E-state index is 8.57. The van der Waals surface area contributed by atoms with E-state index in [9.17, 15) is 0 Å². The Hall–Kier alpha value is -6.40. The number of aliphatic imine (C=N–C) groups is 1. The van der Waals surface area contributed by atoms with Crippen LogP contribution in [0.25, 0.3) is 22.3 Å². The number of aryl methyl sites for hydroxylation is 2. The lowest BCUT2D eigenvalue weighted by molar-refractivity contribution is 0.416.